The summed E-state index contributed by atoms with van der Waals surface area (Å²) in [5.41, 5.74) is 5.37. The number of aliphatic hydroxyl groups is 2. The van der Waals surface area contributed by atoms with Crippen LogP contribution in [0.1, 0.15) is 158 Å². The number of alkyl halides is 1. The summed E-state index contributed by atoms with van der Waals surface area (Å²) in [7, 11) is 4.71. The third-order valence-corrected chi connectivity index (χ3v) is 18.8. The van der Waals surface area contributed by atoms with Gasteiger partial charge in [0.25, 0.3) is 11.7 Å². The average Bonchev–Trinajstić information content (AvgIpc) is 0.985. The lowest BCUT2D eigenvalue weighted by Gasteiger charge is -2.47. The van der Waals surface area contributed by atoms with Crippen LogP contribution in [0.3, 0.4) is 0 Å². The molecule has 1 saturated carbocycles. The number of fused-ring (bicyclic) bond motifs is 3. The highest BCUT2D eigenvalue weighted by Crippen LogP contribution is 2.40. The van der Waals surface area contributed by atoms with Crippen molar-refractivity contribution in [2.75, 3.05) is 27.9 Å². The maximum absolute atomic E-state index is 14.3. The number of hydrogen-bond acceptors (Lipinski definition) is 16. The molecule has 2 saturated heterocycles. The Hall–Kier alpha value is -5.74. The number of methoxy groups -OCH3 is 3. The van der Waals surface area contributed by atoms with E-state index in [1.807, 2.05) is 102 Å². The third-order valence-electron chi connectivity index (χ3n) is 18.3. The van der Waals surface area contributed by atoms with Crippen LogP contribution in [0, 0.1) is 35.5 Å². The van der Waals surface area contributed by atoms with E-state index in [9.17, 15) is 44.1 Å². The Kier molecular flexibility index (Phi) is 27.0. The largest absolute Gasteiger partial charge is 0.480 e. The first kappa shape index (κ1) is 71.3. The average molecular weight is 1250 g/mol. The number of carboxylic acid groups (broad SMARTS) is 1. The molecule has 15 atom stereocenters. The number of piperidine rings is 1. The second-order valence-corrected chi connectivity index (χ2v) is 25.8. The molecule has 21 heteroatoms. The summed E-state index contributed by atoms with van der Waals surface area (Å²) < 4.78 is 29.9. The SMILES string of the molecule is CCCCC(=O)N(Cc1ccc(-c2ccccc2-c2nn[nH]n2)cc1)[C@H](C(=O)O)C(C)C.CC[C@@H]1/C=C(\C)C[C@H](C)C[C@H](OC)[C@H]2O[C@@](O)(C(=O)C(=O)N3CCCC[C@H]3C(=O)O[C@H](/C(C)=C/[C@@H]3CC[C@H](Cl)[C@H](OC)C3)[C@H](C)[C@@H](O)CC1=O)[C@H](C)C[C@@H]2OC. The van der Waals surface area contributed by atoms with E-state index in [1.165, 1.54) is 24.0 Å². The van der Waals surface area contributed by atoms with Gasteiger partial charge in [0.1, 0.15) is 30.1 Å². The van der Waals surface area contributed by atoms with Crippen molar-refractivity contribution in [1.82, 2.24) is 30.4 Å². The minimum Gasteiger partial charge on any atom is -0.480 e. The van der Waals surface area contributed by atoms with E-state index in [1.54, 1.807) is 21.0 Å². The number of halogens is 1. The van der Waals surface area contributed by atoms with Crippen molar-refractivity contribution >= 4 is 46.9 Å². The standard InChI is InChI=1S/C43H68ClNO11.C24H29N5O3/c1-10-30-18-24(2)17-25(3)19-36(53-8)39-37(54-9)21-27(5)43(51,56-39)40(48)41(49)45-16-12-11-13-32(45)42(50)55-38(28(6)33(46)23-34(30)47)26(4)20-29-14-15-31(44)35(22-29)52-7;1-4-5-10-21(30)29(22(16(2)3)24(31)32)15-17-11-13-18(14-12-17)19-8-6-7-9-20(19)23-25-27-28-26-23/h18,20,25,27-33,35-39,46,51H,10-17,19,21-23H2,1-9H3;6-9,11-14,16,22H,4-5,10,15H2,1-3H3,(H,31,32)(H,25,26,27,28)/b24-18+,26-20+;/t25-,27+,28+,29-,30+,31-,32-,33-,35+,36-,37-,38+,39+,43+;22-/m00/s1. The van der Waals surface area contributed by atoms with Gasteiger partial charge in [-0.25, -0.2) is 9.59 Å². The van der Waals surface area contributed by atoms with Crippen LogP contribution >= 0.6 is 11.6 Å². The van der Waals surface area contributed by atoms with Crippen LogP contribution in [0.25, 0.3) is 22.5 Å². The van der Waals surface area contributed by atoms with Gasteiger partial charge in [-0.05, 0) is 130 Å². The Bertz CT molecular complexity index is 2850. The maximum Gasteiger partial charge on any atom is 0.329 e. The van der Waals surface area contributed by atoms with Crippen LogP contribution in [-0.2, 0) is 59.0 Å². The Morgan fingerprint density at radius 2 is 1.58 bits per heavy atom. The van der Waals surface area contributed by atoms with Crippen LogP contribution < -0.4 is 0 Å². The first-order valence-electron chi connectivity index (χ1n) is 31.6. The number of tetrazole rings is 1. The lowest BCUT2D eigenvalue weighted by molar-refractivity contribution is -0.302. The van der Waals surface area contributed by atoms with Gasteiger partial charge < -0.3 is 48.8 Å². The minimum absolute atomic E-state index is 0.0425. The number of ketones is 2. The first-order valence-corrected chi connectivity index (χ1v) is 32.0. The van der Waals surface area contributed by atoms with E-state index >= 15 is 0 Å². The monoisotopic (exact) mass is 1240 g/mol. The fraction of sp³-hybridized carbons (Fsp3) is 0.657. The van der Waals surface area contributed by atoms with Crippen LogP contribution in [0.4, 0.5) is 0 Å². The Morgan fingerprint density at radius 1 is 0.909 bits per heavy atom. The molecule has 3 fully saturated rings. The van der Waals surface area contributed by atoms with Crippen LogP contribution in [0.2, 0.25) is 0 Å². The van der Waals surface area contributed by atoms with E-state index in [4.69, 9.17) is 35.3 Å². The number of aliphatic hydroxyl groups excluding tert-OH is 1. The van der Waals surface area contributed by atoms with E-state index in [2.05, 4.69) is 27.5 Å². The van der Waals surface area contributed by atoms with Gasteiger partial charge in [-0.2, -0.15) is 5.21 Å². The van der Waals surface area contributed by atoms with E-state index in [0.717, 1.165) is 53.5 Å². The molecular weight excluding hydrogens is 1150 g/mol. The molecule has 88 heavy (non-hydrogen) atoms. The molecule has 3 aliphatic heterocycles. The van der Waals surface area contributed by atoms with Gasteiger partial charge in [0.2, 0.25) is 17.5 Å². The summed E-state index contributed by atoms with van der Waals surface area (Å²) >= 11 is 6.52. The van der Waals surface area contributed by atoms with Crippen LogP contribution in [0.5, 0.6) is 0 Å². The third kappa shape index (κ3) is 18.0. The number of esters is 1. The number of nitrogens with zero attached hydrogens (tertiary/aromatic N) is 5. The number of ether oxygens (including phenoxy) is 5. The molecule has 3 aromatic rings. The summed E-state index contributed by atoms with van der Waals surface area (Å²) in [6, 6.07) is 13.6. The molecule has 4 heterocycles. The molecule has 2 amide bonds. The van der Waals surface area contributed by atoms with Crippen LogP contribution in [-0.4, -0.2) is 169 Å². The fourth-order valence-electron chi connectivity index (χ4n) is 13.1. The zero-order chi connectivity index (χ0) is 64.6. The van der Waals surface area contributed by atoms with E-state index < -0.39 is 89.8 Å². The number of rotatable bonds is 16. The van der Waals surface area contributed by atoms with Crippen LogP contribution in [0.15, 0.2) is 71.8 Å². The van der Waals surface area contributed by atoms with Gasteiger partial charge in [0.15, 0.2) is 0 Å². The van der Waals surface area contributed by atoms with Gasteiger partial charge in [0, 0.05) is 70.6 Å². The zero-order valence-electron chi connectivity index (χ0n) is 53.7. The van der Waals surface area contributed by atoms with Gasteiger partial charge in [-0.3, -0.25) is 19.2 Å². The van der Waals surface area contributed by atoms with Gasteiger partial charge in [-0.1, -0.05) is 121 Å². The summed E-state index contributed by atoms with van der Waals surface area (Å²) in [6.07, 6.45) is 7.14. The molecule has 0 spiro atoms. The number of hydrogen-bond donors (Lipinski definition) is 4. The molecule has 4 aliphatic rings. The van der Waals surface area contributed by atoms with Crippen molar-refractivity contribution in [1.29, 1.82) is 0 Å². The molecule has 0 unspecified atom stereocenters. The van der Waals surface area contributed by atoms with Crippen molar-refractivity contribution in [2.24, 2.45) is 35.5 Å². The van der Waals surface area contributed by atoms with Crippen molar-refractivity contribution < 1.29 is 67.8 Å². The molecule has 486 valence electrons. The molecule has 20 nitrogen and oxygen atoms in total. The summed E-state index contributed by atoms with van der Waals surface area (Å²) in [6.45, 7) is 17.3. The Balaban J connectivity index is 0.000000326. The van der Waals surface area contributed by atoms with Gasteiger partial charge in [0.05, 0.1) is 29.8 Å². The lowest BCUT2D eigenvalue weighted by Crippen LogP contribution is -2.64. The number of carbonyl (C=O) groups is 6. The molecule has 1 aromatic heterocycles. The number of Topliss-reactive ketones (excluding diaryl/α,β-unsaturated/α-hetero) is 2. The number of carbonyl (C=O) groups excluding carboxylic acids is 5. The smallest absolute Gasteiger partial charge is 0.329 e. The number of aromatic nitrogens is 4. The van der Waals surface area contributed by atoms with Crippen molar-refractivity contribution in [3.63, 3.8) is 0 Å². The van der Waals surface area contributed by atoms with Crippen molar-refractivity contribution in [2.45, 2.75) is 219 Å². The van der Waals surface area contributed by atoms with Gasteiger partial charge in [-0.15, -0.1) is 21.8 Å². The normalized spacial score (nSPS) is 30.8. The number of allylic oxidation sites excluding steroid dienone is 3. The summed E-state index contributed by atoms with van der Waals surface area (Å²) in [4.78, 5) is 84.0. The molecule has 1 aliphatic carbocycles. The number of nitrogens with one attached hydrogen (secondary N) is 1. The number of amides is 2. The molecule has 4 N–H and O–H groups in total. The topological polar surface area (TPSA) is 270 Å². The van der Waals surface area contributed by atoms with E-state index in [-0.39, 0.29) is 73.3 Å². The number of cyclic esters (lactones) is 1. The molecule has 2 aromatic carbocycles. The molecular formula is C67H97ClN6O14. The lowest BCUT2D eigenvalue weighted by atomic mass is 9.82. The molecule has 7 rings (SSSR count). The highest BCUT2D eigenvalue weighted by molar-refractivity contribution is 6.39. The second-order valence-electron chi connectivity index (χ2n) is 25.2. The Morgan fingerprint density at radius 3 is 2.19 bits per heavy atom. The number of aliphatic carboxylic acids is 1. The number of carboxylic acids is 1. The number of aromatic amines is 1. The minimum atomic E-state index is -2.49. The molecule has 0 radical (unpaired) electrons. The highest BCUT2D eigenvalue weighted by atomic mass is 35.5. The predicted molar refractivity (Wildman–Crippen MR) is 333 cm³/mol. The number of benzene rings is 2. The number of H-pyrrole nitrogens is 1. The Labute approximate surface area is 524 Å². The maximum atomic E-state index is 14.3. The predicted octanol–water partition coefficient (Wildman–Crippen LogP) is 9.88. The fourth-order valence-corrected chi connectivity index (χ4v) is 13.5. The van der Waals surface area contributed by atoms with E-state index in [0.29, 0.717) is 56.3 Å². The quantitative estimate of drug-likeness (QED) is 0.0449. The molecule has 2 bridgehead atoms. The summed E-state index contributed by atoms with van der Waals surface area (Å²) in [5.74, 6) is -8.09. The van der Waals surface area contributed by atoms with Gasteiger partial charge >= 0.3 is 11.9 Å². The van der Waals surface area contributed by atoms with Crippen molar-refractivity contribution in [3.8, 4) is 22.5 Å². The zero-order valence-corrected chi connectivity index (χ0v) is 54.4. The first-order chi connectivity index (χ1) is 41.9. The summed E-state index contributed by atoms with van der Waals surface area (Å²) in [5, 5.41) is 47.6. The highest BCUT2D eigenvalue weighted by Gasteiger charge is 2.57. The second kappa shape index (κ2) is 33.4. The van der Waals surface area contributed by atoms with Crippen molar-refractivity contribution in [3.05, 3.63) is 77.4 Å². The number of unbranched alkanes of at least 4 members (excludes halogenated alkanes) is 1.